The molecule has 0 saturated heterocycles. The molecule has 0 radical (unpaired) electrons. The SMILES string of the molecule is Nc1ccc(-c2cc3c(N4CCc5ccccc54)ncnc3[nH]2)cc1. The Bertz CT molecular complexity index is 1070. The van der Waals surface area contributed by atoms with Crippen LogP contribution in [0.25, 0.3) is 22.3 Å². The van der Waals surface area contributed by atoms with Crippen molar-refractivity contribution in [3.05, 3.63) is 66.5 Å². The Morgan fingerprint density at radius 2 is 1.84 bits per heavy atom. The van der Waals surface area contributed by atoms with Crippen LogP contribution < -0.4 is 10.6 Å². The minimum atomic E-state index is 0.758. The van der Waals surface area contributed by atoms with Crippen molar-refractivity contribution in [2.75, 3.05) is 17.2 Å². The Balaban J connectivity index is 1.64. The van der Waals surface area contributed by atoms with Crippen LogP contribution in [0.2, 0.25) is 0 Å². The number of nitrogens with two attached hydrogens (primary N) is 1. The van der Waals surface area contributed by atoms with Crippen molar-refractivity contribution in [3.63, 3.8) is 0 Å². The van der Waals surface area contributed by atoms with Gasteiger partial charge in [-0.1, -0.05) is 30.3 Å². The van der Waals surface area contributed by atoms with E-state index in [4.69, 9.17) is 5.73 Å². The summed E-state index contributed by atoms with van der Waals surface area (Å²) in [6.45, 7) is 0.938. The molecule has 2 aromatic heterocycles. The third-order valence-corrected chi connectivity index (χ3v) is 4.77. The van der Waals surface area contributed by atoms with Gasteiger partial charge in [-0.15, -0.1) is 0 Å². The van der Waals surface area contributed by atoms with E-state index in [0.29, 0.717) is 0 Å². The lowest BCUT2D eigenvalue weighted by atomic mass is 10.1. The Kier molecular flexibility index (Phi) is 3.00. The Morgan fingerprint density at radius 1 is 1.00 bits per heavy atom. The smallest absolute Gasteiger partial charge is 0.145 e. The van der Waals surface area contributed by atoms with Crippen molar-refractivity contribution >= 4 is 28.2 Å². The van der Waals surface area contributed by atoms with Crippen LogP contribution in [0.3, 0.4) is 0 Å². The van der Waals surface area contributed by atoms with Crippen LogP contribution in [-0.2, 0) is 6.42 Å². The van der Waals surface area contributed by atoms with Gasteiger partial charge in [0, 0.05) is 23.6 Å². The van der Waals surface area contributed by atoms with E-state index in [0.717, 1.165) is 46.8 Å². The molecule has 0 amide bonds. The van der Waals surface area contributed by atoms with E-state index < -0.39 is 0 Å². The van der Waals surface area contributed by atoms with Gasteiger partial charge in [0.05, 0.1) is 5.39 Å². The summed E-state index contributed by atoms with van der Waals surface area (Å²) in [7, 11) is 0. The third-order valence-electron chi connectivity index (χ3n) is 4.77. The predicted octanol–water partition coefficient (Wildman–Crippen LogP) is 3.90. The largest absolute Gasteiger partial charge is 0.399 e. The summed E-state index contributed by atoms with van der Waals surface area (Å²) < 4.78 is 0. The molecule has 0 saturated carbocycles. The van der Waals surface area contributed by atoms with Gasteiger partial charge in [-0.05, 0) is 41.8 Å². The Labute approximate surface area is 145 Å². The van der Waals surface area contributed by atoms with Crippen molar-refractivity contribution in [1.29, 1.82) is 0 Å². The first-order chi connectivity index (χ1) is 12.3. The zero-order valence-corrected chi connectivity index (χ0v) is 13.6. The van der Waals surface area contributed by atoms with Gasteiger partial charge in [0.1, 0.15) is 17.8 Å². The first-order valence-electron chi connectivity index (χ1n) is 8.35. The monoisotopic (exact) mass is 327 g/mol. The highest BCUT2D eigenvalue weighted by molar-refractivity contribution is 5.94. The number of hydrogen-bond acceptors (Lipinski definition) is 4. The maximum Gasteiger partial charge on any atom is 0.145 e. The van der Waals surface area contributed by atoms with Gasteiger partial charge in [-0.3, -0.25) is 0 Å². The second-order valence-electron chi connectivity index (χ2n) is 6.29. The number of hydrogen-bond donors (Lipinski definition) is 2. The molecule has 0 atom stereocenters. The molecule has 0 spiro atoms. The number of H-pyrrole nitrogens is 1. The summed E-state index contributed by atoms with van der Waals surface area (Å²) in [5, 5.41) is 1.03. The fraction of sp³-hybridized carbons (Fsp3) is 0.100. The zero-order chi connectivity index (χ0) is 16.8. The number of para-hydroxylation sites is 1. The molecule has 4 aromatic rings. The number of rotatable bonds is 2. The molecule has 0 fully saturated rings. The van der Waals surface area contributed by atoms with Crippen molar-refractivity contribution in [3.8, 4) is 11.3 Å². The molecule has 1 aliphatic rings. The summed E-state index contributed by atoms with van der Waals surface area (Å²) in [5.74, 6) is 0.952. The molecule has 5 heteroatoms. The molecule has 5 nitrogen and oxygen atoms in total. The van der Waals surface area contributed by atoms with Gasteiger partial charge in [0.2, 0.25) is 0 Å². The van der Waals surface area contributed by atoms with Crippen LogP contribution in [-0.4, -0.2) is 21.5 Å². The standard InChI is InChI=1S/C20H17N5/c21-15-7-5-13(6-8-15)17-11-16-19(24-17)22-12-23-20(16)25-10-9-14-3-1-2-4-18(14)25/h1-8,11-12H,9-10,21H2,(H,22,23,24). The maximum absolute atomic E-state index is 5.79. The van der Waals surface area contributed by atoms with Gasteiger partial charge in [0.15, 0.2) is 0 Å². The molecule has 0 bridgehead atoms. The minimum Gasteiger partial charge on any atom is -0.399 e. The summed E-state index contributed by atoms with van der Waals surface area (Å²) in [4.78, 5) is 14.7. The predicted molar refractivity (Wildman–Crippen MR) is 101 cm³/mol. The van der Waals surface area contributed by atoms with Gasteiger partial charge < -0.3 is 15.6 Å². The average Bonchev–Trinajstić information content (AvgIpc) is 3.26. The minimum absolute atomic E-state index is 0.758. The number of benzene rings is 2. The molecule has 0 unspecified atom stereocenters. The zero-order valence-electron chi connectivity index (χ0n) is 13.6. The summed E-state index contributed by atoms with van der Waals surface area (Å²) in [6.07, 6.45) is 2.67. The highest BCUT2D eigenvalue weighted by Gasteiger charge is 2.23. The van der Waals surface area contributed by atoms with Crippen LogP contribution in [0.4, 0.5) is 17.2 Å². The van der Waals surface area contributed by atoms with Crippen molar-refractivity contribution in [1.82, 2.24) is 15.0 Å². The van der Waals surface area contributed by atoms with E-state index in [-0.39, 0.29) is 0 Å². The van der Waals surface area contributed by atoms with E-state index in [2.05, 4.69) is 50.2 Å². The average molecular weight is 327 g/mol. The van der Waals surface area contributed by atoms with Crippen LogP contribution in [0.1, 0.15) is 5.56 Å². The van der Waals surface area contributed by atoms with E-state index in [1.807, 2.05) is 24.3 Å². The van der Waals surface area contributed by atoms with Crippen molar-refractivity contribution in [2.24, 2.45) is 0 Å². The quantitative estimate of drug-likeness (QED) is 0.548. The van der Waals surface area contributed by atoms with Gasteiger partial charge in [0.25, 0.3) is 0 Å². The normalized spacial score (nSPS) is 13.4. The maximum atomic E-state index is 5.79. The molecule has 3 N–H and O–H groups in total. The number of fused-ring (bicyclic) bond motifs is 2. The molecule has 5 rings (SSSR count). The molecule has 2 aromatic carbocycles. The lowest BCUT2D eigenvalue weighted by molar-refractivity contribution is 0.974. The van der Waals surface area contributed by atoms with Crippen LogP contribution in [0, 0.1) is 0 Å². The lowest BCUT2D eigenvalue weighted by Crippen LogP contribution is -2.15. The summed E-state index contributed by atoms with van der Waals surface area (Å²) >= 11 is 0. The van der Waals surface area contributed by atoms with Crippen molar-refractivity contribution < 1.29 is 0 Å². The second-order valence-corrected chi connectivity index (χ2v) is 6.29. The molecule has 0 aliphatic carbocycles. The number of anilines is 3. The van der Waals surface area contributed by atoms with E-state index in [1.54, 1.807) is 6.33 Å². The van der Waals surface area contributed by atoms with E-state index in [9.17, 15) is 0 Å². The Morgan fingerprint density at radius 3 is 2.72 bits per heavy atom. The van der Waals surface area contributed by atoms with Crippen molar-refractivity contribution in [2.45, 2.75) is 6.42 Å². The number of nitrogen functional groups attached to an aromatic ring is 1. The first kappa shape index (κ1) is 14.0. The molecule has 25 heavy (non-hydrogen) atoms. The highest BCUT2D eigenvalue weighted by Crippen LogP contribution is 2.37. The molecular weight excluding hydrogens is 310 g/mol. The van der Waals surface area contributed by atoms with Gasteiger partial charge in [-0.25, -0.2) is 9.97 Å². The molecule has 122 valence electrons. The molecular formula is C20H17N5. The lowest BCUT2D eigenvalue weighted by Gasteiger charge is -2.18. The van der Waals surface area contributed by atoms with E-state index >= 15 is 0 Å². The summed E-state index contributed by atoms with van der Waals surface area (Å²) in [5.41, 5.74) is 12.1. The van der Waals surface area contributed by atoms with Crippen LogP contribution in [0.5, 0.6) is 0 Å². The Hall–Kier alpha value is -3.34. The molecule has 1 aliphatic heterocycles. The highest BCUT2D eigenvalue weighted by atomic mass is 15.2. The topological polar surface area (TPSA) is 70.8 Å². The number of aromatic amines is 1. The second kappa shape index (κ2) is 5.34. The number of nitrogens with one attached hydrogen (secondary N) is 1. The fourth-order valence-electron chi connectivity index (χ4n) is 3.52. The van der Waals surface area contributed by atoms with Crippen LogP contribution in [0.15, 0.2) is 60.9 Å². The van der Waals surface area contributed by atoms with Gasteiger partial charge >= 0.3 is 0 Å². The van der Waals surface area contributed by atoms with Crippen LogP contribution >= 0.6 is 0 Å². The first-order valence-corrected chi connectivity index (χ1v) is 8.35. The number of aromatic nitrogens is 3. The number of nitrogens with zero attached hydrogens (tertiary/aromatic N) is 3. The molecule has 3 heterocycles. The summed E-state index contributed by atoms with van der Waals surface area (Å²) in [6, 6.07) is 18.5. The van der Waals surface area contributed by atoms with Gasteiger partial charge in [-0.2, -0.15) is 0 Å². The van der Waals surface area contributed by atoms with E-state index in [1.165, 1.54) is 11.3 Å². The fourth-order valence-corrected chi connectivity index (χ4v) is 3.52. The third kappa shape index (κ3) is 2.24.